The normalized spacial score (nSPS) is 24.4. The van der Waals surface area contributed by atoms with Gasteiger partial charge in [0.2, 0.25) is 5.91 Å². The number of aromatic nitrogens is 1. The van der Waals surface area contributed by atoms with Crippen LogP contribution in [-0.4, -0.2) is 54.7 Å². The number of hydrogen-bond acceptors (Lipinski definition) is 3. The lowest BCUT2D eigenvalue weighted by molar-refractivity contribution is -0.126. The van der Waals surface area contributed by atoms with Crippen molar-refractivity contribution in [1.82, 2.24) is 15.2 Å². The first-order valence-electron chi connectivity index (χ1n) is 9.95. The van der Waals surface area contributed by atoms with Crippen LogP contribution in [0.4, 0.5) is 0 Å². The van der Waals surface area contributed by atoms with Crippen LogP contribution in [0.2, 0.25) is 0 Å². The molecule has 4 rings (SSSR count). The Morgan fingerprint density at radius 3 is 2.93 bits per heavy atom. The van der Waals surface area contributed by atoms with Crippen molar-refractivity contribution in [3.63, 3.8) is 0 Å². The van der Waals surface area contributed by atoms with Crippen LogP contribution in [0.25, 0.3) is 10.9 Å². The van der Waals surface area contributed by atoms with Crippen LogP contribution in [0, 0.1) is 6.92 Å². The number of benzene rings is 1. The minimum absolute atomic E-state index is 0.0291. The third-order valence-corrected chi connectivity index (χ3v) is 8.19. The lowest BCUT2D eigenvalue weighted by Crippen LogP contribution is -2.56. The van der Waals surface area contributed by atoms with Gasteiger partial charge in [0.15, 0.2) is 0 Å². The quantitative estimate of drug-likeness (QED) is 0.629. The van der Waals surface area contributed by atoms with Gasteiger partial charge in [-0.2, -0.15) is 0 Å². The van der Waals surface area contributed by atoms with E-state index >= 15 is 0 Å². The largest absolute Gasteiger partial charge is 0.375 e. The Kier molecular flexibility index (Phi) is 5.89. The zero-order valence-electron chi connectivity index (χ0n) is 16.6. The summed E-state index contributed by atoms with van der Waals surface area (Å²) in [5.41, 5.74) is 5.29. The molecular weight excluding hydrogens is 486 g/mol. The summed E-state index contributed by atoms with van der Waals surface area (Å²) in [5, 5.41) is 4.56. The van der Waals surface area contributed by atoms with Crippen molar-refractivity contribution in [2.45, 2.75) is 51.1 Å². The summed E-state index contributed by atoms with van der Waals surface area (Å²) in [6.45, 7) is 6.49. The van der Waals surface area contributed by atoms with Gasteiger partial charge in [0.05, 0.1) is 9.99 Å². The molecule has 2 aliphatic rings. The second-order valence-electron chi connectivity index (χ2n) is 8.05. The second kappa shape index (κ2) is 8.09. The number of amides is 1. The molecular formula is C21H27Br2N3O2. The number of aromatic amines is 1. The van der Waals surface area contributed by atoms with E-state index < -0.39 is 0 Å². The summed E-state index contributed by atoms with van der Waals surface area (Å²) in [7, 11) is 1.56. The number of hydrogen-bond donors (Lipinski definition) is 2. The Hall–Kier alpha value is -0.890. The van der Waals surface area contributed by atoms with Crippen molar-refractivity contribution in [3.8, 4) is 0 Å². The molecule has 1 aliphatic carbocycles. The monoisotopic (exact) mass is 511 g/mol. The van der Waals surface area contributed by atoms with Gasteiger partial charge in [0, 0.05) is 47.2 Å². The third-order valence-electron chi connectivity index (χ3n) is 6.21. The van der Waals surface area contributed by atoms with Crippen molar-refractivity contribution in [1.29, 1.82) is 0 Å². The number of carbonyl (C=O) groups excluding carboxylic acids is 1. The van der Waals surface area contributed by atoms with Crippen LogP contribution in [0.3, 0.4) is 0 Å². The number of rotatable bonds is 5. The first-order valence-corrected chi connectivity index (χ1v) is 11.5. The molecule has 0 radical (unpaired) electrons. The molecule has 0 unspecified atom stereocenters. The number of methoxy groups -OCH3 is 1. The molecule has 152 valence electrons. The Bertz CT molecular complexity index is 911. The summed E-state index contributed by atoms with van der Waals surface area (Å²) >= 11 is 7.48. The average Bonchev–Trinajstić information content (AvgIpc) is 2.98. The zero-order chi connectivity index (χ0) is 20.0. The van der Waals surface area contributed by atoms with E-state index in [-0.39, 0.29) is 18.6 Å². The Balaban J connectivity index is 1.76. The molecule has 1 amide bonds. The molecule has 0 saturated carbocycles. The maximum atomic E-state index is 12.2. The van der Waals surface area contributed by atoms with Gasteiger partial charge in [-0.25, -0.2) is 0 Å². The smallest absolute Gasteiger partial charge is 0.246 e. The van der Waals surface area contributed by atoms with Gasteiger partial charge in [0.25, 0.3) is 0 Å². The van der Waals surface area contributed by atoms with Crippen LogP contribution >= 0.6 is 31.9 Å². The summed E-state index contributed by atoms with van der Waals surface area (Å²) in [6.07, 6.45) is 3.14. The van der Waals surface area contributed by atoms with Crippen LogP contribution in [0.1, 0.15) is 42.5 Å². The molecule has 0 bridgehead atoms. The Morgan fingerprint density at radius 1 is 1.43 bits per heavy atom. The van der Waals surface area contributed by atoms with Gasteiger partial charge >= 0.3 is 0 Å². The van der Waals surface area contributed by atoms with E-state index in [0.717, 1.165) is 41.3 Å². The van der Waals surface area contributed by atoms with Crippen LogP contribution in [-0.2, 0) is 16.0 Å². The predicted octanol–water partition coefficient (Wildman–Crippen LogP) is 4.26. The van der Waals surface area contributed by atoms with Crippen LogP contribution in [0.15, 0.2) is 15.0 Å². The molecule has 5 nitrogen and oxygen atoms in total. The fourth-order valence-corrected chi connectivity index (χ4v) is 6.02. The molecule has 28 heavy (non-hydrogen) atoms. The van der Waals surface area contributed by atoms with Gasteiger partial charge in [-0.15, -0.1) is 0 Å². The number of likely N-dealkylation sites (tertiary alicyclic amines) is 1. The van der Waals surface area contributed by atoms with Crippen molar-refractivity contribution < 1.29 is 9.53 Å². The third kappa shape index (κ3) is 3.44. The highest BCUT2D eigenvalue weighted by Gasteiger charge is 2.42. The minimum atomic E-state index is -0.0291. The minimum Gasteiger partial charge on any atom is -0.375 e. The Labute approximate surface area is 182 Å². The summed E-state index contributed by atoms with van der Waals surface area (Å²) in [5.74, 6) is 0.376. The molecule has 1 aliphatic heterocycles. The van der Waals surface area contributed by atoms with Crippen LogP contribution in [0.5, 0.6) is 0 Å². The number of piperidine rings is 1. The lowest BCUT2D eigenvalue weighted by Gasteiger charge is -2.47. The van der Waals surface area contributed by atoms with E-state index in [1.165, 1.54) is 27.7 Å². The number of ether oxygens (including phenoxy) is 1. The maximum absolute atomic E-state index is 12.2. The second-order valence-corrected chi connectivity index (χ2v) is 9.69. The number of H-pyrrole nitrogens is 1. The van der Waals surface area contributed by atoms with Gasteiger partial charge in [0.1, 0.15) is 6.61 Å². The summed E-state index contributed by atoms with van der Waals surface area (Å²) in [4.78, 5) is 18.3. The number of nitrogens with zero attached hydrogens (tertiary/aromatic N) is 1. The number of carbonyl (C=O) groups is 1. The van der Waals surface area contributed by atoms with E-state index in [9.17, 15) is 4.79 Å². The number of fused-ring (bicyclic) bond motifs is 2. The van der Waals surface area contributed by atoms with Crippen molar-refractivity contribution in [2.24, 2.45) is 0 Å². The summed E-state index contributed by atoms with van der Waals surface area (Å²) < 4.78 is 7.18. The first kappa shape index (κ1) is 20.4. The van der Waals surface area contributed by atoms with Crippen molar-refractivity contribution >= 4 is 48.7 Å². The molecule has 1 aromatic heterocycles. The summed E-state index contributed by atoms with van der Waals surface area (Å²) in [6, 6.07) is 2.91. The van der Waals surface area contributed by atoms with E-state index in [2.05, 4.69) is 67.0 Å². The fraction of sp³-hybridized carbons (Fsp3) is 0.571. The van der Waals surface area contributed by atoms with Gasteiger partial charge in [-0.1, -0.05) is 6.92 Å². The van der Waals surface area contributed by atoms with E-state index in [1.54, 1.807) is 7.11 Å². The average molecular weight is 513 g/mol. The molecule has 7 heteroatoms. The van der Waals surface area contributed by atoms with Gasteiger partial charge in [-0.05, 0) is 81.8 Å². The van der Waals surface area contributed by atoms with E-state index in [4.69, 9.17) is 4.74 Å². The van der Waals surface area contributed by atoms with Crippen LogP contribution < -0.4 is 5.32 Å². The topological polar surface area (TPSA) is 57.4 Å². The molecule has 2 N–H and O–H groups in total. The van der Waals surface area contributed by atoms with E-state index in [1.807, 2.05) is 0 Å². The number of nitrogens with one attached hydrogen (secondary N) is 2. The highest BCUT2D eigenvalue weighted by molar-refractivity contribution is 9.13. The Morgan fingerprint density at radius 2 is 2.21 bits per heavy atom. The predicted molar refractivity (Wildman–Crippen MR) is 119 cm³/mol. The molecule has 1 saturated heterocycles. The van der Waals surface area contributed by atoms with Gasteiger partial charge in [-0.3, -0.25) is 9.69 Å². The maximum Gasteiger partial charge on any atom is 0.246 e. The SMILES string of the molecule is CCCN1C[C@@H](NC(=O)COC)C[C@@H]2c3cc(Br)c(Br)c4[nH]c(C)c(c34)C[C@H]21. The van der Waals surface area contributed by atoms with Crippen molar-refractivity contribution in [2.75, 3.05) is 26.8 Å². The molecule has 2 heterocycles. The number of aryl methyl sites for hydroxylation is 1. The number of halogens is 2. The molecule has 2 aromatic rings. The fourth-order valence-electron chi connectivity index (χ4n) is 5.16. The zero-order valence-corrected chi connectivity index (χ0v) is 19.7. The van der Waals surface area contributed by atoms with Gasteiger partial charge < -0.3 is 15.0 Å². The lowest BCUT2D eigenvalue weighted by atomic mass is 9.73. The first-order chi connectivity index (χ1) is 13.4. The highest BCUT2D eigenvalue weighted by Crippen LogP contribution is 2.48. The molecule has 1 fully saturated rings. The van der Waals surface area contributed by atoms with Crippen molar-refractivity contribution in [3.05, 3.63) is 31.8 Å². The standard InChI is InChI=1S/C21H27Br2N3O2/c1-4-5-26-9-12(25-18(27)10-28-3)6-14-15-7-16(22)20(23)21-19(15)13(8-17(14)26)11(2)24-21/h7,12,14,17,24H,4-6,8-10H2,1-3H3,(H,25,27)/t12-,14+,17+/m0/s1. The molecule has 0 spiro atoms. The van der Waals surface area contributed by atoms with E-state index in [0.29, 0.717) is 12.0 Å². The molecule has 1 aromatic carbocycles. The highest BCUT2D eigenvalue weighted by atomic mass is 79.9. The molecule has 3 atom stereocenters.